The van der Waals surface area contributed by atoms with Crippen LogP contribution in [0.1, 0.15) is 15.9 Å². The Labute approximate surface area is 145 Å². The Hall–Kier alpha value is -3.34. The van der Waals surface area contributed by atoms with E-state index in [2.05, 4.69) is 5.32 Å². The van der Waals surface area contributed by atoms with Gasteiger partial charge in [0.15, 0.2) is 0 Å². The summed E-state index contributed by atoms with van der Waals surface area (Å²) < 4.78 is 6.71. The second-order valence-corrected chi connectivity index (χ2v) is 5.53. The number of amides is 1. The molecule has 0 aliphatic carbocycles. The summed E-state index contributed by atoms with van der Waals surface area (Å²) in [6.07, 6.45) is 1.67. The smallest absolute Gasteiger partial charge is 0.263 e. The number of ether oxygens (including phenoxy) is 1. The predicted octanol–water partition coefficient (Wildman–Crippen LogP) is 3.16. The van der Waals surface area contributed by atoms with Crippen LogP contribution in [0.15, 0.2) is 77.7 Å². The minimum absolute atomic E-state index is 0.106. The first kappa shape index (κ1) is 16.5. The lowest BCUT2D eigenvalue weighted by molar-refractivity contribution is 0.102. The number of nitrogens with one attached hydrogen (secondary N) is 1. The monoisotopic (exact) mass is 334 g/mol. The van der Waals surface area contributed by atoms with Crippen molar-refractivity contribution in [2.45, 2.75) is 6.54 Å². The maximum atomic E-state index is 12.6. The zero-order valence-electron chi connectivity index (χ0n) is 13.8. The largest absolute Gasteiger partial charge is 0.497 e. The Morgan fingerprint density at radius 1 is 1.04 bits per heavy atom. The fourth-order valence-electron chi connectivity index (χ4n) is 2.52. The number of nitrogens with zero attached hydrogens (tertiary/aromatic N) is 1. The van der Waals surface area contributed by atoms with Gasteiger partial charge >= 0.3 is 0 Å². The summed E-state index contributed by atoms with van der Waals surface area (Å²) in [5.74, 6) is 0.305. The molecule has 0 bridgehead atoms. The lowest BCUT2D eigenvalue weighted by Crippen LogP contribution is -2.29. The van der Waals surface area contributed by atoms with E-state index >= 15 is 0 Å². The number of anilines is 1. The highest BCUT2D eigenvalue weighted by atomic mass is 16.5. The number of hydrogen-bond donors (Lipinski definition) is 1. The third-order valence-electron chi connectivity index (χ3n) is 3.78. The van der Waals surface area contributed by atoms with Gasteiger partial charge in [0.25, 0.3) is 11.5 Å². The van der Waals surface area contributed by atoms with Crippen molar-refractivity contribution < 1.29 is 9.53 Å². The molecular formula is C20H18N2O3. The molecule has 0 fully saturated rings. The van der Waals surface area contributed by atoms with Crippen molar-refractivity contribution in [3.05, 3.63) is 94.4 Å². The number of benzene rings is 2. The van der Waals surface area contributed by atoms with Crippen LogP contribution in [-0.4, -0.2) is 17.6 Å². The summed E-state index contributed by atoms with van der Waals surface area (Å²) in [6, 6.07) is 19.8. The van der Waals surface area contributed by atoms with E-state index in [1.54, 1.807) is 31.5 Å². The fourth-order valence-corrected chi connectivity index (χ4v) is 2.52. The molecule has 2 aromatic carbocycles. The zero-order valence-corrected chi connectivity index (χ0v) is 13.8. The van der Waals surface area contributed by atoms with Crippen LogP contribution in [0.2, 0.25) is 0 Å². The Kier molecular flexibility index (Phi) is 4.95. The van der Waals surface area contributed by atoms with Crippen molar-refractivity contribution in [3.8, 4) is 5.75 Å². The standard InChI is InChI=1S/C20H18N2O3/c1-25-17-10-5-7-15(13-17)14-22-12-6-11-18(20(22)24)19(23)21-16-8-3-2-4-9-16/h2-13H,14H2,1H3,(H,21,23). The predicted molar refractivity (Wildman–Crippen MR) is 97.2 cm³/mol. The van der Waals surface area contributed by atoms with Crippen LogP contribution in [-0.2, 0) is 6.54 Å². The summed E-state index contributed by atoms with van der Waals surface area (Å²) in [5, 5.41) is 2.74. The van der Waals surface area contributed by atoms with Gasteiger partial charge in [0.05, 0.1) is 13.7 Å². The maximum absolute atomic E-state index is 12.6. The molecule has 5 nitrogen and oxygen atoms in total. The molecule has 0 radical (unpaired) electrons. The van der Waals surface area contributed by atoms with Crippen LogP contribution in [0.25, 0.3) is 0 Å². The fraction of sp³-hybridized carbons (Fsp3) is 0.100. The molecule has 1 N–H and O–H groups in total. The summed E-state index contributed by atoms with van der Waals surface area (Å²) in [5.41, 5.74) is 1.34. The van der Waals surface area contributed by atoms with Gasteiger partial charge in [-0.15, -0.1) is 0 Å². The molecule has 0 aliphatic rings. The van der Waals surface area contributed by atoms with E-state index in [1.807, 2.05) is 42.5 Å². The van der Waals surface area contributed by atoms with Crippen LogP contribution in [0.3, 0.4) is 0 Å². The molecule has 126 valence electrons. The normalized spacial score (nSPS) is 10.3. The maximum Gasteiger partial charge on any atom is 0.263 e. The molecular weight excluding hydrogens is 316 g/mol. The molecule has 3 rings (SSSR count). The van der Waals surface area contributed by atoms with Gasteiger partial charge in [0, 0.05) is 11.9 Å². The Bertz CT molecular complexity index is 933. The van der Waals surface area contributed by atoms with Crippen molar-refractivity contribution in [1.82, 2.24) is 4.57 Å². The average molecular weight is 334 g/mol. The Morgan fingerprint density at radius 2 is 1.84 bits per heavy atom. The average Bonchev–Trinajstić information content (AvgIpc) is 2.64. The minimum Gasteiger partial charge on any atom is -0.497 e. The van der Waals surface area contributed by atoms with E-state index in [4.69, 9.17) is 4.74 Å². The van der Waals surface area contributed by atoms with Crippen LogP contribution < -0.4 is 15.6 Å². The number of carbonyl (C=O) groups is 1. The molecule has 1 aromatic heterocycles. The van der Waals surface area contributed by atoms with Crippen LogP contribution in [0.5, 0.6) is 5.75 Å². The van der Waals surface area contributed by atoms with E-state index < -0.39 is 5.91 Å². The third-order valence-corrected chi connectivity index (χ3v) is 3.78. The molecule has 5 heteroatoms. The van der Waals surface area contributed by atoms with Crippen LogP contribution >= 0.6 is 0 Å². The van der Waals surface area contributed by atoms with Crippen molar-refractivity contribution in [2.75, 3.05) is 12.4 Å². The summed E-state index contributed by atoms with van der Waals surface area (Å²) in [6.45, 7) is 0.364. The van der Waals surface area contributed by atoms with Crippen LogP contribution in [0.4, 0.5) is 5.69 Å². The summed E-state index contributed by atoms with van der Waals surface area (Å²) >= 11 is 0. The Balaban J connectivity index is 1.84. The zero-order chi connectivity index (χ0) is 17.6. The molecule has 0 atom stereocenters. The van der Waals surface area contributed by atoms with E-state index in [0.717, 1.165) is 11.3 Å². The van der Waals surface area contributed by atoms with Crippen molar-refractivity contribution in [3.63, 3.8) is 0 Å². The lowest BCUT2D eigenvalue weighted by atomic mass is 10.2. The highest BCUT2D eigenvalue weighted by Gasteiger charge is 2.12. The topological polar surface area (TPSA) is 60.3 Å². The number of hydrogen-bond acceptors (Lipinski definition) is 3. The Morgan fingerprint density at radius 3 is 2.60 bits per heavy atom. The van der Waals surface area contributed by atoms with Gasteiger partial charge in [-0.25, -0.2) is 0 Å². The number of rotatable bonds is 5. The first-order valence-corrected chi connectivity index (χ1v) is 7.86. The molecule has 25 heavy (non-hydrogen) atoms. The first-order valence-electron chi connectivity index (χ1n) is 7.86. The molecule has 0 saturated heterocycles. The number of pyridine rings is 1. The molecule has 0 unspecified atom stereocenters. The minimum atomic E-state index is -0.420. The van der Waals surface area contributed by atoms with Gasteiger partial charge in [-0.1, -0.05) is 30.3 Å². The van der Waals surface area contributed by atoms with E-state index in [1.165, 1.54) is 10.6 Å². The van der Waals surface area contributed by atoms with Gasteiger partial charge in [-0.2, -0.15) is 0 Å². The number of carbonyl (C=O) groups excluding carboxylic acids is 1. The third kappa shape index (κ3) is 3.95. The summed E-state index contributed by atoms with van der Waals surface area (Å²) in [4.78, 5) is 25.0. The molecule has 0 spiro atoms. The van der Waals surface area contributed by atoms with Gasteiger partial charge in [0.2, 0.25) is 0 Å². The van der Waals surface area contributed by atoms with Gasteiger partial charge in [-0.3, -0.25) is 9.59 Å². The molecule has 1 amide bonds. The van der Waals surface area contributed by atoms with Gasteiger partial charge in [-0.05, 0) is 42.0 Å². The van der Waals surface area contributed by atoms with E-state index in [-0.39, 0.29) is 11.1 Å². The second kappa shape index (κ2) is 7.49. The lowest BCUT2D eigenvalue weighted by Gasteiger charge is -2.10. The number of para-hydroxylation sites is 1. The molecule has 1 heterocycles. The highest BCUT2D eigenvalue weighted by Crippen LogP contribution is 2.13. The van der Waals surface area contributed by atoms with E-state index in [0.29, 0.717) is 12.2 Å². The van der Waals surface area contributed by atoms with Crippen LogP contribution in [0, 0.1) is 0 Å². The van der Waals surface area contributed by atoms with Gasteiger partial charge in [0.1, 0.15) is 11.3 Å². The quantitative estimate of drug-likeness (QED) is 0.780. The second-order valence-electron chi connectivity index (χ2n) is 5.53. The van der Waals surface area contributed by atoms with Crippen molar-refractivity contribution >= 4 is 11.6 Å². The molecule has 0 saturated carbocycles. The molecule has 3 aromatic rings. The first-order chi connectivity index (χ1) is 12.2. The van der Waals surface area contributed by atoms with Crippen molar-refractivity contribution in [1.29, 1.82) is 0 Å². The molecule has 0 aliphatic heterocycles. The van der Waals surface area contributed by atoms with Crippen molar-refractivity contribution in [2.24, 2.45) is 0 Å². The SMILES string of the molecule is COc1cccc(Cn2cccc(C(=O)Nc3ccccc3)c2=O)c1. The van der Waals surface area contributed by atoms with Gasteiger partial charge < -0.3 is 14.6 Å². The van der Waals surface area contributed by atoms with E-state index in [9.17, 15) is 9.59 Å². The number of methoxy groups -OCH3 is 1. The highest BCUT2D eigenvalue weighted by molar-refractivity contribution is 6.03. The number of aromatic nitrogens is 1. The summed E-state index contributed by atoms with van der Waals surface area (Å²) in [7, 11) is 1.60.